The lowest BCUT2D eigenvalue weighted by molar-refractivity contribution is -0.137. The highest BCUT2D eigenvalue weighted by atomic mass is 35.5. The Morgan fingerprint density at radius 2 is 1.64 bits per heavy atom. The molecule has 0 heterocycles. The molecular formula is C15H10Cl2F3NO. The molecule has 0 unspecified atom stereocenters. The number of hydrogen-bond acceptors (Lipinski definition) is 1. The molecule has 0 saturated carbocycles. The van der Waals surface area contributed by atoms with Crippen molar-refractivity contribution >= 4 is 29.1 Å². The van der Waals surface area contributed by atoms with Crippen LogP contribution in [0.2, 0.25) is 10.0 Å². The van der Waals surface area contributed by atoms with Gasteiger partial charge in [-0.1, -0.05) is 41.4 Å². The van der Waals surface area contributed by atoms with Crippen molar-refractivity contribution in [1.82, 2.24) is 5.32 Å². The van der Waals surface area contributed by atoms with Crippen LogP contribution in [0.25, 0.3) is 0 Å². The van der Waals surface area contributed by atoms with Gasteiger partial charge in [-0.3, -0.25) is 4.79 Å². The lowest BCUT2D eigenvalue weighted by Crippen LogP contribution is -2.23. The number of alkyl halides is 3. The van der Waals surface area contributed by atoms with E-state index in [4.69, 9.17) is 23.2 Å². The minimum Gasteiger partial charge on any atom is -0.348 e. The van der Waals surface area contributed by atoms with E-state index in [0.29, 0.717) is 5.56 Å². The largest absolute Gasteiger partial charge is 0.416 e. The van der Waals surface area contributed by atoms with Gasteiger partial charge in [-0.15, -0.1) is 0 Å². The van der Waals surface area contributed by atoms with Crippen LogP contribution >= 0.6 is 23.2 Å². The maximum Gasteiger partial charge on any atom is 0.416 e. The number of hydrogen-bond donors (Lipinski definition) is 1. The molecule has 0 radical (unpaired) electrons. The minimum absolute atomic E-state index is 0.0652. The second kappa shape index (κ2) is 6.58. The van der Waals surface area contributed by atoms with Crippen molar-refractivity contribution in [3.8, 4) is 0 Å². The zero-order valence-corrected chi connectivity index (χ0v) is 12.6. The Hall–Kier alpha value is -1.72. The lowest BCUT2D eigenvalue weighted by Gasteiger charge is -2.11. The summed E-state index contributed by atoms with van der Waals surface area (Å²) in [6.07, 6.45) is -4.42. The van der Waals surface area contributed by atoms with Gasteiger partial charge >= 0.3 is 6.18 Å². The highest BCUT2D eigenvalue weighted by molar-refractivity contribution is 6.39. The Labute approximate surface area is 134 Å². The van der Waals surface area contributed by atoms with Gasteiger partial charge in [-0.25, -0.2) is 0 Å². The molecular weight excluding hydrogens is 338 g/mol. The van der Waals surface area contributed by atoms with Crippen LogP contribution < -0.4 is 5.32 Å². The van der Waals surface area contributed by atoms with Crippen LogP contribution in [0.3, 0.4) is 0 Å². The smallest absolute Gasteiger partial charge is 0.348 e. The third kappa shape index (κ3) is 3.93. The van der Waals surface area contributed by atoms with Crippen LogP contribution in [-0.2, 0) is 12.7 Å². The molecule has 2 aromatic carbocycles. The SMILES string of the molecule is O=C(NCc1cccc(C(F)(F)F)c1)c1c(Cl)cccc1Cl. The Morgan fingerprint density at radius 3 is 2.23 bits per heavy atom. The molecule has 0 aliphatic heterocycles. The monoisotopic (exact) mass is 347 g/mol. The molecule has 0 bridgehead atoms. The molecule has 2 aromatic rings. The average molecular weight is 348 g/mol. The average Bonchev–Trinajstić information content (AvgIpc) is 2.44. The molecule has 0 fully saturated rings. The Kier molecular flexibility index (Phi) is 4.98. The number of amides is 1. The molecule has 0 aliphatic rings. The maximum atomic E-state index is 12.6. The summed E-state index contributed by atoms with van der Waals surface area (Å²) in [6.45, 7) is -0.0652. The zero-order valence-electron chi connectivity index (χ0n) is 11.0. The first kappa shape index (κ1) is 16.6. The number of carbonyl (C=O) groups is 1. The van der Waals surface area contributed by atoms with Gasteiger partial charge in [0.25, 0.3) is 5.91 Å². The van der Waals surface area contributed by atoms with E-state index in [2.05, 4.69) is 5.32 Å². The summed E-state index contributed by atoms with van der Waals surface area (Å²) in [5, 5.41) is 2.85. The predicted octanol–water partition coefficient (Wildman–Crippen LogP) is 4.94. The van der Waals surface area contributed by atoms with Crippen molar-refractivity contribution in [2.24, 2.45) is 0 Å². The van der Waals surface area contributed by atoms with E-state index in [-0.39, 0.29) is 22.2 Å². The summed E-state index contributed by atoms with van der Waals surface area (Å²) in [5.41, 5.74) is -0.348. The van der Waals surface area contributed by atoms with E-state index in [1.54, 1.807) is 6.07 Å². The zero-order chi connectivity index (χ0) is 16.3. The van der Waals surface area contributed by atoms with Crippen LogP contribution in [0.15, 0.2) is 42.5 Å². The first-order valence-electron chi connectivity index (χ1n) is 6.17. The summed E-state index contributed by atoms with van der Waals surface area (Å²) in [6, 6.07) is 9.33. The summed E-state index contributed by atoms with van der Waals surface area (Å²) >= 11 is 11.8. The molecule has 0 aromatic heterocycles. The van der Waals surface area contributed by atoms with Gasteiger partial charge in [0.2, 0.25) is 0 Å². The molecule has 7 heteroatoms. The summed E-state index contributed by atoms with van der Waals surface area (Å²) < 4.78 is 37.8. The van der Waals surface area contributed by atoms with Gasteiger partial charge in [-0.05, 0) is 29.8 Å². The highest BCUT2D eigenvalue weighted by Gasteiger charge is 2.30. The van der Waals surface area contributed by atoms with E-state index in [1.807, 2.05) is 0 Å². The van der Waals surface area contributed by atoms with Gasteiger partial charge in [0.05, 0.1) is 21.2 Å². The van der Waals surface area contributed by atoms with Crippen molar-refractivity contribution in [3.63, 3.8) is 0 Å². The van der Waals surface area contributed by atoms with Gasteiger partial charge < -0.3 is 5.32 Å². The third-order valence-corrected chi connectivity index (χ3v) is 3.53. The number of benzene rings is 2. The molecule has 1 amide bonds. The normalized spacial score (nSPS) is 11.3. The molecule has 0 spiro atoms. The Bertz CT molecular complexity index is 681. The van der Waals surface area contributed by atoms with Gasteiger partial charge in [-0.2, -0.15) is 13.2 Å². The second-order valence-electron chi connectivity index (χ2n) is 4.48. The fraction of sp³-hybridized carbons (Fsp3) is 0.133. The molecule has 0 aliphatic carbocycles. The topological polar surface area (TPSA) is 29.1 Å². The van der Waals surface area contributed by atoms with Crippen molar-refractivity contribution in [2.45, 2.75) is 12.7 Å². The fourth-order valence-corrected chi connectivity index (χ4v) is 2.41. The first-order valence-corrected chi connectivity index (χ1v) is 6.93. The number of carbonyl (C=O) groups excluding carboxylic acids is 1. The molecule has 116 valence electrons. The molecule has 2 rings (SSSR count). The lowest BCUT2D eigenvalue weighted by atomic mass is 10.1. The Balaban J connectivity index is 2.12. The van der Waals surface area contributed by atoms with E-state index in [0.717, 1.165) is 12.1 Å². The molecule has 2 nitrogen and oxygen atoms in total. The maximum absolute atomic E-state index is 12.6. The van der Waals surface area contributed by atoms with Gasteiger partial charge in [0.15, 0.2) is 0 Å². The van der Waals surface area contributed by atoms with Gasteiger partial charge in [0, 0.05) is 6.54 Å². The summed E-state index contributed by atoms with van der Waals surface area (Å²) in [7, 11) is 0. The highest BCUT2D eigenvalue weighted by Crippen LogP contribution is 2.29. The quantitative estimate of drug-likeness (QED) is 0.836. The standard InChI is InChI=1S/C15H10Cl2F3NO/c16-11-5-2-6-12(17)13(11)14(22)21-8-9-3-1-4-10(7-9)15(18,19)20/h1-7H,8H2,(H,21,22). The minimum atomic E-state index is -4.42. The molecule has 0 atom stereocenters. The second-order valence-corrected chi connectivity index (χ2v) is 5.29. The van der Waals surface area contributed by atoms with Crippen LogP contribution in [0.4, 0.5) is 13.2 Å². The van der Waals surface area contributed by atoms with Crippen LogP contribution in [0.5, 0.6) is 0 Å². The predicted molar refractivity (Wildman–Crippen MR) is 79.1 cm³/mol. The van der Waals surface area contributed by atoms with Crippen LogP contribution in [0.1, 0.15) is 21.5 Å². The van der Waals surface area contributed by atoms with E-state index in [9.17, 15) is 18.0 Å². The Morgan fingerprint density at radius 1 is 1.05 bits per heavy atom. The van der Waals surface area contributed by atoms with Crippen molar-refractivity contribution in [3.05, 3.63) is 69.2 Å². The van der Waals surface area contributed by atoms with E-state index >= 15 is 0 Å². The van der Waals surface area contributed by atoms with Gasteiger partial charge in [0.1, 0.15) is 0 Å². The molecule has 0 saturated heterocycles. The van der Waals surface area contributed by atoms with Crippen molar-refractivity contribution in [1.29, 1.82) is 0 Å². The number of nitrogens with one attached hydrogen (secondary N) is 1. The van der Waals surface area contributed by atoms with Crippen molar-refractivity contribution in [2.75, 3.05) is 0 Å². The van der Waals surface area contributed by atoms with Crippen molar-refractivity contribution < 1.29 is 18.0 Å². The number of rotatable bonds is 3. The number of halogens is 5. The molecule has 22 heavy (non-hydrogen) atoms. The third-order valence-electron chi connectivity index (χ3n) is 2.90. The summed E-state index contributed by atoms with van der Waals surface area (Å²) in [5.74, 6) is -0.548. The fourth-order valence-electron chi connectivity index (χ4n) is 1.84. The van der Waals surface area contributed by atoms with E-state index in [1.165, 1.54) is 24.3 Å². The first-order chi connectivity index (χ1) is 10.3. The van der Waals surface area contributed by atoms with Crippen LogP contribution in [-0.4, -0.2) is 5.91 Å². The summed E-state index contributed by atoms with van der Waals surface area (Å²) in [4.78, 5) is 12.0. The molecule has 1 N–H and O–H groups in total. The van der Waals surface area contributed by atoms with E-state index < -0.39 is 17.6 Å². The van der Waals surface area contributed by atoms with Crippen LogP contribution in [0, 0.1) is 0 Å².